The topological polar surface area (TPSA) is 86.0 Å². The molecule has 1 aromatic heterocycles. The normalized spacial score (nSPS) is 11.5. The fourth-order valence-electron chi connectivity index (χ4n) is 1.12. The van der Waals surface area contributed by atoms with Crippen LogP contribution in [0.4, 0.5) is 5.69 Å². The number of hydrogen-bond donors (Lipinski definition) is 2. The van der Waals surface area contributed by atoms with E-state index in [1.54, 1.807) is 13.0 Å². The minimum absolute atomic E-state index is 0.264. The van der Waals surface area contributed by atoms with Crippen LogP contribution in [0, 0.1) is 11.3 Å². The van der Waals surface area contributed by atoms with Crippen LogP contribution < -0.4 is 5.32 Å². The van der Waals surface area contributed by atoms with Gasteiger partial charge in [-0.1, -0.05) is 6.92 Å². The third-order valence-electron chi connectivity index (χ3n) is 1.92. The third-order valence-corrected chi connectivity index (χ3v) is 1.92. The number of pyridine rings is 1. The van der Waals surface area contributed by atoms with Gasteiger partial charge in [0.25, 0.3) is 0 Å². The van der Waals surface area contributed by atoms with Crippen LogP contribution in [-0.4, -0.2) is 22.1 Å². The van der Waals surface area contributed by atoms with Crippen molar-refractivity contribution in [3.63, 3.8) is 0 Å². The van der Waals surface area contributed by atoms with E-state index in [1.165, 1.54) is 12.3 Å². The lowest BCUT2D eigenvalue weighted by molar-refractivity contribution is -0.137. The number of hydrogen-bond acceptors (Lipinski definition) is 4. The molecule has 2 N–H and O–H groups in total. The maximum atomic E-state index is 10.7. The molecule has 15 heavy (non-hydrogen) atoms. The summed E-state index contributed by atoms with van der Waals surface area (Å²) in [5.41, 5.74) is 0.857. The van der Waals surface area contributed by atoms with Crippen molar-refractivity contribution in [2.45, 2.75) is 19.4 Å². The van der Waals surface area contributed by atoms with E-state index in [0.29, 0.717) is 12.1 Å². The molecule has 0 bridgehead atoms. The lowest BCUT2D eigenvalue weighted by atomic mass is 10.2. The number of carboxylic acids is 1. The van der Waals surface area contributed by atoms with E-state index in [-0.39, 0.29) is 5.69 Å². The molecule has 0 fully saturated rings. The van der Waals surface area contributed by atoms with Crippen LogP contribution in [-0.2, 0) is 4.79 Å². The fourth-order valence-corrected chi connectivity index (χ4v) is 1.12. The number of carboxylic acid groups (broad SMARTS) is 1. The third kappa shape index (κ3) is 2.95. The van der Waals surface area contributed by atoms with Crippen LogP contribution in [0.1, 0.15) is 19.0 Å². The van der Waals surface area contributed by atoms with Gasteiger partial charge >= 0.3 is 5.97 Å². The first-order chi connectivity index (χ1) is 7.17. The average molecular weight is 205 g/mol. The summed E-state index contributed by atoms with van der Waals surface area (Å²) in [6.07, 6.45) is 1.94. The molecule has 0 aliphatic heterocycles. The van der Waals surface area contributed by atoms with Crippen molar-refractivity contribution in [2.24, 2.45) is 0 Å². The Kier molecular flexibility index (Phi) is 3.63. The molecule has 5 nitrogen and oxygen atoms in total. The van der Waals surface area contributed by atoms with Gasteiger partial charge in [-0.05, 0) is 18.6 Å². The highest BCUT2D eigenvalue weighted by Crippen LogP contribution is 2.10. The van der Waals surface area contributed by atoms with Gasteiger partial charge in [0, 0.05) is 11.9 Å². The van der Waals surface area contributed by atoms with Gasteiger partial charge in [0.05, 0.1) is 0 Å². The molecule has 0 aliphatic rings. The number of rotatable bonds is 4. The Balaban J connectivity index is 2.80. The van der Waals surface area contributed by atoms with Crippen LogP contribution in [0.2, 0.25) is 0 Å². The summed E-state index contributed by atoms with van der Waals surface area (Å²) < 4.78 is 0. The monoisotopic (exact) mass is 205 g/mol. The minimum Gasteiger partial charge on any atom is -0.480 e. The molecule has 1 aromatic rings. The average Bonchev–Trinajstić information content (AvgIpc) is 2.25. The van der Waals surface area contributed by atoms with Crippen LogP contribution >= 0.6 is 0 Å². The molecular formula is C10H11N3O2. The van der Waals surface area contributed by atoms with Gasteiger partial charge in [0.1, 0.15) is 17.8 Å². The number of nitrogens with one attached hydrogen (secondary N) is 1. The highest BCUT2D eigenvalue weighted by atomic mass is 16.4. The highest BCUT2D eigenvalue weighted by Gasteiger charge is 2.14. The maximum Gasteiger partial charge on any atom is 0.326 e. The Morgan fingerprint density at radius 3 is 3.07 bits per heavy atom. The largest absolute Gasteiger partial charge is 0.480 e. The van der Waals surface area contributed by atoms with Crippen molar-refractivity contribution in [1.29, 1.82) is 5.26 Å². The molecule has 0 spiro atoms. The molecule has 1 heterocycles. The van der Waals surface area contributed by atoms with Gasteiger partial charge < -0.3 is 10.4 Å². The molecule has 0 aliphatic carbocycles. The predicted molar refractivity (Wildman–Crippen MR) is 54.3 cm³/mol. The second kappa shape index (κ2) is 4.96. The first-order valence-electron chi connectivity index (χ1n) is 4.53. The van der Waals surface area contributed by atoms with Crippen molar-refractivity contribution >= 4 is 11.7 Å². The van der Waals surface area contributed by atoms with Gasteiger partial charge in [-0.25, -0.2) is 9.78 Å². The van der Waals surface area contributed by atoms with E-state index < -0.39 is 12.0 Å². The zero-order chi connectivity index (χ0) is 11.3. The molecule has 78 valence electrons. The Hall–Kier alpha value is -2.09. The van der Waals surface area contributed by atoms with Crippen molar-refractivity contribution in [3.05, 3.63) is 24.0 Å². The molecule has 0 radical (unpaired) electrons. The predicted octanol–water partition coefficient (Wildman–Crippen LogP) is 1.23. The van der Waals surface area contributed by atoms with Gasteiger partial charge in [-0.15, -0.1) is 0 Å². The summed E-state index contributed by atoms with van der Waals surface area (Å²) in [7, 11) is 0. The molecule has 1 unspecified atom stereocenters. The van der Waals surface area contributed by atoms with E-state index in [0.717, 1.165) is 0 Å². The summed E-state index contributed by atoms with van der Waals surface area (Å²) in [6, 6.07) is 4.40. The Bertz CT molecular complexity index is 398. The first kappa shape index (κ1) is 11.0. The molecule has 1 rings (SSSR count). The van der Waals surface area contributed by atoms with Gasteiger partial charge in [-0.2, -0.15) is 5.26 Å². The molecule has 1 atom stereocenters. The second-order valence-corrected chi connectivity index (χ2v) is 2.98. The van der Waals surface area contributed by atoms with Crippen molar-refractivity contribution in [1.82, 2.24) is 4.98 Å². The Labute approximate surface area is 87.4 Å². The summed E-state index contributed by atoms with van der Waals surface area (Å²) in [6.45, 7) is 1.78. The minimum atomic E-state index is -0.909. The molecule has 0 amide bonds. The second-order valence-electron chi connectivity index (χ2n) is 2.98. The Morgan fingerprint density at radius 2 is 2.53 bits per heavy atom. The summed E-state index contributed by atoms with van der Waals surface area (Å²) in [4.78, 5) is 14.5. The van der Waals surface area contributed by atoms with Gasteiger partial charge in [0.2, 0.25) is 0 Å². The molecular weight excluding hydrogens is 194 g/mol. The van der Waals surface area contributed by atoms with E-state index in [1.807, 2.05) is 6.07 Å². The van der Waals surface area contributed by atoms with Gasteiger partial charge in [-0.3, -0.25) is 0 Å². The number of carbonyl (C=O) groups is 1. The van der Waals surface area contributed by atoms with Crippen LogP contribution in [0.25, 0.3) is 0 Å². The molecule has 0 saturated carbocycles. The summed E-state index contributed by atoms with van der Waals surface area (Å²) >= 11 is 0. The number of aromatic nitrogens is 1. The lowest BCUT2D eigenvalue weighted by Crippen LogP contribution is -2.28. The fraction of sp³-hybridized carbons (Fsp3) is 0.300. The van der Waals surface area contributed by atoms with Crippen LogP contribution in [0.3, 0.4) is 0 Å². The number of nitrogens with zero attached hydrogens (tertiary/aromatic N) is 2. The maximum absolute atomic E-state index is 10.7. The molecule has 5 heteroatoms. The quantitative estimate of drug-likeness (QED) is 0.772. The van der Waals surface area contributed by atoms with Gasteiger partial charge in [0.15, 0.2) is 0 Å². The summed E-state index contributed by atoms with van der Waals surface area (Å²) in [5.74, 6) is -0.909. The summed E-state index contributed by atoms with van der Waals surface area (Å²) in [5, 5.41) is 20.2. The van der Waals surface area contributed by atoms with Crippen LogP contribution in [0.5, 0.6) is 0 Å². The van der Waals surface area contributed by atoms with Crippen LogP contribution in [0.15, 0.2) is 18.3 Å². The van der Waals surface area contributed by atoms with E-state index in [4.69, 9.17) is 10.4 Å². The standard InChI is InChI=1S/C10H11N3O2/c1-2-9(10(14)15)13-7-3-4-12-8(5-7)6-11/h3-5,9H,2H2,1H3,(H,12,13)(H,14,15). The number of anilines is 1. The van der Waals surface area contributed by atoms with Crippen molar-refractivity contribution in [3.8, 4) is 6.07 Å². The molecule has 0 saturated heterocycles. The zero-order valence-electron chi connectivity index (χ0n) is 8.27. The van der Waals surface area contributed by atoms with E-state index in [9.17, 15) is 4.79 Å². The van der Waals surface area contributed by atoms with E-state index in [2.05, 4.69) is 10.3 Å². The van der Waals surface area contributed by atoms with Crippen molar-refractivity contribution < 1.29 is 9.90 Å². The SMILES string of the molecule is CCC(Nc1ccnc(C#N)c1)C(=O)O. The first-order valence-corrected chi connectivity index (χ1v) is 4.53. The zero-order valence-corrected chi connectivity index (χ0v) is 8.27. The number of aliphatic carboxylic acids is 1. The van der Waals surface area contributed by atoms with E-state index >= 15 is 0 Å². The number of nitriles is 1. The Morgan fingerprint density at radius 1 is 1.80 bits per heavy atom. The smallest absolute Gasteiger partial charge is 0.326 e. The molecule has 0 aromatic carbocycles. The highest BCUT2D eigenvalue weighted by molar-refractivity contribution is 5.77. The van der Waals surface area contributed by atoms with Crippen molar-refractivity contribution in [2.75, 3.05) is 5.32 Å². The lowest BCUT2D eigenvalue weighted by Gasteiger charge is -2.13.